The topological polar surface area (TPSA) is 0 Å². The summed E-state index contributed by atoms with van der Waals surface area (Å²) in [5.41, 5.74) is 0. The van der Waals surface area contributed by atoms with Crippen LogP contribution in [0.4, 0.5) is 4.39 Å². The Kier molecular flexibility index (Phi) is 7.93. The zero-order valence-corrected chi connectivity index (χ0v) is 13.7. The molecule has 0 saturated heterocycles. The van der Waals surface area contributed by atoms with E-state index in [0.29, 0.717) is 11.8 Å². The fourth-order valence-corrected chi connectivity index (χ4v) is 3.79. The summed E-state index contributed by atoms with van der Waals surface area (Å²) in [4.78, 5) is 0. The first-order valence-corrected chi connectivity index (χ1v) is 7.38. The van der Waals surface area contributed by atoms with E-state index in [4.69, 9.17) is 19.4 Å². The fraction of sp³-hybridized carbons (Fsp3) is 0.929. The van der Waals surface area contributed by atoms with Gasteiger partial charge >= 0.3 is 0 Å². The Balaban J connectivity index is 0.00000162. The van der Waals surface area contributed by atoms with Gasteiger partial charge < -0.3 is 6.42 Å². The summed E-state index contributed by atoms with van der Waals surface area (Å²) in [5.74, 6) is 1.03. The minimum atomic E-state index is -0.915. The molecule has 2 aliphatic rings. The second-order valence-electron chi connectivity index (χ2n) is 5.97. The average Bonchev–Trinajstić information content (AvgIpc) is 2.33. The standard InChI is InChI=1S/C14H22BClF.Dy/c1-9-7-12(15)13(16)14(17)11(9)8-10-5-3-2-4-6-10;/h2,9-14H,3-8H2,1H3;/q-1;. The molecule has 0 aromatic rings. The zero-order chi connectivity index (χ0) is 12.4. The largest absolute Gasteiger partial charge is 0.328 e. The first-order chi connectivity index (χ1) is 8.09. The van der Waals surface area contributed by atoms with Crippen LogP contribution in [0.15, 0.2) is 0 Å². The maximum Gasteiger partial charge on any atom is 0.119 e. The molecule has 0 aromatic carbocycles. The summed E-state index contributed by atoms with van der Waals surface area (Å²) in [6, 6.07) is 0. The summed E-state index contributed by atoms with van der Waals surface area (Å²) < 4.78 is 14.3. The Morgan fingerprint density at radius 2 is 1.94 bits per heavy atom. The fourth-order valence-electron chi connectivity index (χ4n) is 3.50. The van der Waals surface area contributed by atoms with E-state index in [-0.39, 0.29) is 49.9 Å². The molecule has 2 rings (SSSR count). The second kappa shape index (κ2) is 8.11. The van der Waals surface area contributed by atoms with Crippen LogP contribution < -0.4 is 0 Å². The molecule has 5 unspecified atom stereocenters. The first-order valence-electron chi connectivity index (χ1n) is 6.95. The van der Waals surface area contributed by atoms with Gasteiger partial charge in [-0.3, -0.25) is 0 Å². The molecule has 0 aromatic heterocycles. The van der Waals surface area contributed by atoms with Crippen LogP contribution in [0, 0.1) is 62.3 Å². The molecule has 106 valence electrons. The van der Waals surface area contributed by atoms with Gasteiger partial charge in [0.1, 0.15) is 6.17 Å². The molecule has 2 fully saturated rings. The minimum absolute atomic E-state index is 0. The first kappa shape index (κ1) is 17.6. The molecule has 2 radical (unpaired) electrons. The van der Waals surface area contributed by atoms with Gasteiger partial charge in [0.25, 0.3) is 0 Å². The second-order valence-corrected chi connectivity index (χ2v) is 6.48. The van der Waals surface area contributed by atoms with Gasteiger partial charge in [-0.1, -0.05) is 32.0 Å². The van der Waals surface area contributed by atoms with Crippen molar-refractivity contribution in [2.24, 2.45) is 17.8 Å². The number of hydrogen-bond donors (Lipinski definition) is 0. The minimum Gasteiger partial charge on any atom is -0.328 e. The number of halogens is 2. The summed E-state index contributed by atoms with van der Waals surface area (Å²) in [7, 11) is 5.88. The van der Waals surface area contributed by atoms with Crippen LogP contribution in [-0.4, -0.2) is 19.4 Å². The van der Waals surface area contributed by atoms with E-state index in [0.717, 1.165) is 12.8 Å². The van der Waals surface area contributed by atoms with Gasteiger partial charge in [-0.2, -0.15) is 12.8 Å². The summed E-state index contributed by atoms with van der Waals surface area (Å²) in [6.45, 7) is 2.13. The van der Waals surface area contributed by atoms with Gasteiger partial charge in [0, 0.05) is 38.2 Å². The van der Waals surface area contributed by atoms with Gasteiger partial charge in [0.15, 0.2) is 0 Å². The van der Waals surface area contributed by atoms with Crippen molar-refractivity contribution in [1.82, 2.24) is 0 Å². The number of rotatable bonds is 2. The van der Waals surface area contributed by atoms with Crippen LogP contribution in [0.1, 0.15) is 45.4 Å². The van der Waals surface area contributed by atoms with Crippen LogP contribution in [-0.2, 0) is 0 Å². The average molecular weight is 418 g/mol. The van der Waals surface area contributed by atoms with Gasteiger partial charge in [-0.05, 0) is 24.2 Å². The molecule has 2 saturated carbocycles. The number of alkyl halides is 2. The number of hydrogen-bond acceptors (Lipinski definition) is 0. The quantitative estimate of drug-likeness (QED) is 0.356. The Bertz CT molecular complexity index is 248. The maximum atomic E-state index is 14.3. The summed E-state index contributed by atoms with van der Waals surface area (Å²) in [5, 5.41) is -0.480. The van der Waals surface area contributed by atoms with Crippen molar-refractivity contribution in [2.75, 3.05) is 0 Å². The Morgan fingerprint density at radius 3 is 2.56 bits per heavy atom. The van der Waals surface area contributed by atoms with E-state index in [1.54, 1.807) is 0 Å². The molecule has 0 heterocycles. The predicted octanol–water partition coefficient (Wildman–Crippen LogP) is 4.33. The van der Waals surface area contributed by atoms with Gasteiger partial charge in [0.05, 0.1) is 13.2 Å². The molecular weight excluding hydrogens is 396 g/mol. The third kappa shape index (κ3) is 4.27. The van der Waals surface area contributed by atoms with E-state index in [1.165, 1.54) is 25.7 Å². The molecule has 4 heteroatoms. The van der Waals surface area contributed by atoms with Crippen LogP contribution in [0.5, 0.6) is 0 Å². The van der Waals surface area contributed by atoms with Crippen molar-refractivity contribution in [2.45, 2.75) is 62.8 Å². The molecular formula is C14H22BClDyF-. The molecule has 0 N–H and O–H groups in total. The van der Waals surface area contributed by atoms with Crippen molar-refractivity contribution in [1.29, 1.82) is 0 Å². The normalized spacial score (nSPS) is 42.3. The Morgan fingerprint density at radius 1 is 1.33 bits per heavy atom. The van der Waals surface area contributed by atoms with Crippen LogP contribution in [0.25, 0.3) is 0 Å². The van der Waals surface area contributed by atoms with Crippen molar-refractivity contribution < 1.29 is 42.6 Å². The van der Waals surface area contributed by atoms with Crippen LogP contribution in [0.3, 0.4) is 0 Å². The molecule has 5 atom stereocenters. The molecule has 0 bridgehead atoms. The molecule has 0 spiro atoms. The predicted molar refractivity (Wildman–Crippen MR) is 72.2 cm³/mol. The van der Waals surface area contributed by atoms with E-state index in [9.17, 15) is 4.39 Å². The van der Waals surface area contributed by atoms with Crippen molar-refractivity contribution in [3.8, 4) is 0 Å². The third-order valence-electron chi connectivity index (χ3n) is 4.66. The molecule has 18 heavy (non-hydrogen) atoms. The SMILES string of the molecule is [B]C1CC(C)C(CC2CC[CH-]CC2)C(F)C1Cl.[Dy]. The van der Waals surface area contributed by atoms with Crippen molar-refractivity contribution in [3.63, 3.8) is 0 Å². The van der Waals surface area contributed by atoms with Gasteiger partial charge in [-0.25, -0.2) is 4.39 Å². The van der Waals surface area contributed by atoms with Crippen LogP contribution >= 0.6 is 11.6 Å². The van der Waals surface area contributed by atoms with E-state index >= 15 is 0 Å². The molecule has 0 aliphatic heterocycles. The van der Waals surface area contributed by atoms with Crippen LogP contribution in [0.2, 0.25) is 5.82 Å². The van der Waals surface area contributed by atoms with Gasteiger partial charge in [-0.15, -0.1) is 11.6 Å². The maximum absolute atomic E-state index is 14.3. The summed E-state index contributed by atoms with van der Waals surface area (Å²) >= 11 is 6.09. The van der Waals surface area contributed by atoms with Gasteiger partial charge in [0.2, 0.25) is 0 Å². The molecule has 2 aliphatic carbocycles. The van der Waals surface area contributed by atoms with E-state index in [1.807, 2.05) is 0 Å². The van der Waals surface area contributed by atoms with Crippen molar-refractivity contribution >= 4 is 19.4 Å². The molecule has 0 amide bonds. The molecule has 0 nitrogen and oxygen atoms in total. The third-order valence-corrected chi connectivity index (χ3v) is 5.23. The monoisotopic (exact) mass is 419 g/mol. The van der Waals surface area contributed by atoms with E-state index in [2.05, 4.69) is 13.3 Å². The smallest absolute Gasteiger partial charge is 0.119 e. The Labute approximate surface area is 148 Å². The van der Waals surface area contributed by atoms with E-state index < -0.39 is 11.5 Å². The Hall–Kier alpha value is 1.56. The van der Waals surface area contributed by atoms with Crippen molar-refractivity contribution in [3.05, 3.63) is 6.42 Å². The summed E-state index contributed by atoms with van der Waals surface area (Å²) in [6.07, 6.45) is 8.18. The zero-order valence-electron chi connectivity index (χ0n) is 10.9.